The molecular weight excluding hydrogens is 710 g/mol. The number of carbonyl (C=O) groups excluding carboxylic acids is 2. The van der Waals surface area contributed by atoms with Crippen LogP contribution in [0.1, 0.15) is 43.0 Å². The van der Waals surface area contributed by atoms with Crippen LogP contribution in [-0.2, 0) is 6.42 Å². The highest BCUT2D eigenvalue weighted by Crippen LogP contribution is 2.30. The molecule has 0 aromatic heterocycles. The largest absolute Gasteiger partial charge is 0.423 e. The Morgan fingerprint density at radius 1 is 0.593 bits per heavy atom. The van der Waals surface area contributed by atoms with E-state index >= 15 is 8.78 Å². The van der Waals surface area contributed by atoms with Crippen LogP contribution in [0.15, 0.2) is 114 Å². The minimum absolute atomic E-state index is 0.000595. The first kappa shape index (κ1) is 36.8. The molecule has 0 aliphatic carbocycles. The van der Waals surface area contributed by atoms with Gasteiger partial charge in [0.05, 0.1) is 16.7 Å². The van der Waals surface area contributed by atoms with Crippen molar-refractivity contribution in [1.29, 1.82) is 5.26 Å². The van der Waals surface area contributed by atoms with Crippen LogP contribution in [0.2, 0.25) is 0 Å². The molecule has 6 aromatic rings. The summed E-state index contributed by atoms with van der Waals surface area (Å²) in [6.07, 6.45) is 1.32. The lowest BCUT2D eigenvalue weighted by Gasteiger charge is -2.10. The number of ether oxygens (including phenoxy) is 2. The molecule has 6 rings (SSSR count). The molecule has 0 N–H and O–H groups in total. The summed E-state index contributed by atoms with van der Waals surface area (Å²) in [5.74, 6) is -7.68. The van der Waals surface area contributed by atoms with Gasteiger partial charge in [-0.15, -0.1) is 0 Å². The topological polar surface area (TPSA) is 88.8 Å². The highest BCUT2D eigenvalue weighted by Gasteiger charge is 2.19. The molecule has 54 heavy (non-hydrogen) atoms. The summed E-state index contributed by atoms with van der Waals surface area (Å²) in [7, 11) is 1.49. The molecule has 0 fully saturated rings. The zero-order chi connectivity index (χ0) is 38.5. The number of nitriles is 1. The average Bonchev–Trinajstić information content (AvgIpc) is 3.13. The van der Waals surface area contributed by atoms with Gasteiger partial charge in [0.25, 0.3) is 0 Å². The summed E-state index contributed by atoms with van der Waals surface area (Å²) in [5, 5.41) is 8.89. The number of rotatable bonds is 9. The summed E-state index contributed by atoms with van der Waals surface area (Å²) < 4.78 is 98.5. The molecule has 0 saturated heterocycles. The van der Waals surface area contributed by atoms with Crippen LogP contribution < -0.4 is 9.47 Å². The summed E-state index contributed by atoms with van der Waals surface area (Å²) >= 11 is 0. The van der Waals surface area contributed by atoms with Crippen LogP contribution >= 0.6 is 0 Å². The lowest BCUT2D eigenvalue weighted by Crippen LogP contribution is -2.12. The first-order chi connectivity index (χ1) is 25.9. The van der Waals surface area contributed by atoms with E-state index < -0.39 is 58.0 Å². The van der Waals surface area contributed by atoms with E-state index in [2.05, 4.69) is 4.99 Å². The van der Waals surface area contributed by atoms with Gasteiger partial charge in [-0.25, -0.2) is 35.9 Å². The van der Waals surface area contributed by atoms with Crippen LogP contribution in [-0.4, -0.2) is 25.2 Å². The third-order valence-corrected chi connectivity index (χ3v) is 8.20. The number of hydrogen-bond donors (Lipinski definition) is 0. The Kier molecular flexibility index (Phi) is 10.7. The predicted octanol–water partition coefficient (Wildman–Crippen LogP) is 9.80. The molecule has 6 aromatic carbocycles. The average molecular weight is 735 g/mol. The van der Waals surface area contributed by atoms with E-state index in [-0.39, 0.29) is 51.3 Å². The van der Waals surface area contributed by atoms with Gasteiger partial charge >= 0.3 is 11.9 Å². The van der Waals surface area contributed by atoms with E-state index in [9.17, 15) is 27.2 Å². The Hall–Kier alpha value is -7.00. The number of benzene rings is 6. The molecule has 0 atom stereocenters. The molecule has 0 bridgehead atoms. The SMILES string of the molecule is CN=Cc1ccc(-c2ccc(OC(=O)c3ccc(Cc4ccc(C(=O)Oc5ccc(-c6ccc(C#N)c(F)c6)c(F)c5)c(F)c4)cc3F)cc2F)cc1F. The highest BCUT2D eigenvalue weighted by atomic mass is 19.1. The minimum Gasteiger partial charge on any atom is -0.423 e. The van der Waals surface area contributed by atoms with Crippen LogP contribution in [0.3, 0.4) is 0 Å². The Bertz CT molecular complexity index is 2530. The maximum Gasteiger partial charge on any atom is 0.346 e. The Balaban J connectivity index is 1.08. The van der Waals surface area contributed by atoms with Crippen LogP contribution in [0.5, 0.6) is 11.5 Å². The Morgan fingerprint density at radius 2 is 1.09 bits per heavy atom. The van der Waals surface area contributed by atoms with Gasteiger partial charge < -0.3 is 9.47 Å². The molecular formula is C42H24F6N2O4. The zero-order valence-corrected chi connectivity index (χ0v) is 28.0. The van der Waals surface area contributed by atoms with E-state index in [1.807, 2.05) is 0 Å². The standard InChI is InChI=1S/C42H24F6N2O4/c1-50-22-28-7-5-26(18-36(28)44)32-13-9-30(20-40(32)48)54-42(52)34-11-3-24(16-38(34)46)14-23-2-10-33(37(45)15-23)41(51)53-29-8-12-31(39(47)19-29)25-4-6-27(21-49)35(43)17-25/h2-13,15-20,22H,14H2,1H3. The Labute approximate surface area is 304 Å². The van der Waals surface area contributed by atoms with Crippen molar-refractivity contribution in [2.75, 3.05) is 7.05 Å². The van der Waals surface area contributed by atoms with Crippen molar-refractivity contribution in [3.63, 3.8) is 0 Å². The number of halogens is 6. The number of carbonyl (C=O) groups is 2. The summed E-state index contributed by atoms with van der Waals surface area (Å²) in [6.45, 7) is 0. The monoisotopic (exact) mass is 734 g/mol. The molecule has 0 unspecified atom stereocenters. The van der Waals surface area contributed by atoms with Crippen molar-refractivity contribution in [1.82, 2.24) is 0 Å². The molecule has 0 amide bonds. The second-order valence-electron chi connectivity index (χ2n) is 11.8. The molecule has 0 aliphatic heterocycles. The van der Waals surface area contributed by atoms with E-state index in [0.29, 0.717) is 11.1 Å². The number of esters is 2. The van der Waals surface area contributed by atoms with Crippen LogP contribution in [0.4, 0.5) is 26.3 Å². The molecule has 6 nitrogen and oxygen atoms in total. The van der Waals surface area contributed by atoms with Crippen molar-refractivity contribution in [2.45, 2.75) is 6.42 Å². The van der Waals surface area contributed by atoms with Gasteiger partial charge in [0.2, 0.25) is 0 Å². The quantitative estimate of drug-likeness (QED) is 0.0639. The van der Waals surface area contributed by atoms with E-state index in [1.54, 1.807) is 6.07 Å². The second kappa shape index (κ2) is 15.7. The third-order valence-electron chi connectivity index (χ3n) is 8.20. The van der Waals surface area contributed by atoms with Crippen molar-refractivity contribution < 1.29 is 45.4 Å². The fraction of sp³-hybridized carbons (Fsp3) is 0.0476. The van der Waals surface area contributed by atoms with Gasteiger partial charge in [0.1, 0.15) is 52.5 Å². The van der Waals surface area contributed by atoms with Crippen LogP contribution in [0, 0.1) is 46.2 Å². The molecule has 268 valence electrons. The first-order valence-electron chi connectivity index (χ1n) is 16.0. The second-order valence-corrected chi connectivity index (χ2v) is 11.8. The van der Waals surface area contributed by atoms with Gasteiger partial charge in [-0.2, -0.15) is 5.26 Å². The van der Waals surface area contributed by atoms with Gasteiger partial charge in [0, 0.05) is 42.1 Å². The lowest BCUT2D eigenvalue weighted by atomic mass is 10.0. The summed E-state index contributed by atoms with van der Waals surface area (Å²) in [5.41, 5.74) is 0.222. The molecule has 0 spiro atoms. The van der Waals surface area contributed by atoms with E-state index in [1.165, 1.54) is 73.9 Å². The zero-order valence-electron chi connectivity index (χ0n) is 28.0. The fourth-order valence-corrected chi connectivity index (χ4v) is 5.53. The van der Waals surface area contributed by atoms with Crippen molar-refractivity contribution >= 4 is 18.2 Å². The summed E-state index contributed by atoms with van der Waals surface area (Å²) in [6, 6.07) is 23.4. The highest BCUT2D eigenvalue weighted by molar-refractivity contribution is 5.92. The summed E-state index contributed by atoms with van der Waals surface area (Å²) in [4.78, 5) is 29.2. The maximum absolute atomic E-state index is 15.0. The molecule has 0 radical (unpaired) electrons. The fourth-order valence-electron chi connectivity index (χ4n) is 5.53. The van der Waals surface area contributed by atoms with E-state index in [0.717, 1.165) is 48.5 Å². The van der Waals surface area contributed by atoms with Crippen molar-refractivity contribution in [3.05, 3.63) is 177 Å². The van der Waals surface area contributed by atoms with Crippen molar-refractivity contribution in [3.8, 4) is 39.8 Å². The molecule has 0 heterocycles. The van der Waals surface area contributed by atoms with Gasteiger partial charge in [0.15, 0.2) is 0 Å². The minimum atomic E-state index is -1.12. The number of hydrogen-bond acceptors (Lipinski definition) is 6. The molecule has 0 aliphatic rings. The predicted molar refractivity (Wildman–Crippen MR) is 187 cm³/mol. The van der Waals surface area contributed by atoms with Gasteiger partial charge in [-0.1, -0.05) is 24.3 Å². The van der Waals surface area contributed by atoms with Crippen molar-refractivity contribution in [2.24, 2.45) is 4.99 Å². The third kappa shape index (κ3) is 8.05. The normalized spacial score (nSPS) is 11.0. The van der Waals surface area contributed by atoms with Gasteiger partial charge in [-0.05, 0) is 101 Å². The molecule has 12 heteroatoms. The number of aliphatic imine (C=N–C) groups is 1. The smallest absolute Gasteiger partial charge is 0.346 e. The lowest BCUT2D eigenvalue weighted by molar-refractivity contribution is 0.0719. The van der Waals surface area contributed by atoms with Crippen LogP contribution in [0.25, 0.3) is 22.3 Å². The Morgan fingerprint density at radius 3 is 1.52 bits per heavy atom. The maximum atomic E-state index is 15.0. The first-order valence-corrected chi connectivity index (χ1v) is 16.0. The van der Waals surface area contributed by atoms with Gasteiger partial charge in [-0.3, -0.25) is 4.99 Å². The number of nitrogens with zero attached hydrogens (tertiary/aromatic N) is 2. The molecule has 0 saturated carbocycles. The van der Waals surface area contributed by atoms with E-state index in [4.69, 9.17) is 14.7 Å².